The Bertz CT molecular complexity index is 736. The maximum absolute atomic E-state index is 12.5. The van der Waals surface area contributed by atoms with E-state index < -0.39 is 12.1 Å². The molecule has 1 heterocycles. The van der Waals surface area contributed by atoms with Gasteiger partial charge in [-0.05, 0) is 6.07 Å². The number of hydrogen-bond acceptors (Lipinski definition) is 3. The zero-order valence-corrected chi connectivity index (χ0v) is 14.0. The third-order valence-corrected chi connectivity index (χ3v) is 5.24. The average Bonchev–Trinajstić information content (AvgIpc) is 2.60. The second-order valence-electron chi connectivity index (χ2n) is 5.72. The summed E-state index contributed by atoms with van der Waals surface area (Å²) in [6.45, 7) is 0. The summed E-state index contributed by atoms with van der Waals surface area (Å²) < 4.78 is 0. The second-order valence-corrected chi connectivity index (χ2v) is 6.85. The Hall–Kier alpha value is -2.31. The van der Waals surface area contributed by atoms with Gasteiger partial charge in [-0.1, -0.05) is 48.5 Å². The smallest absolute Gasteiger partial charge is 0.319 e. The van der Waals surface area contributed by atoms with Gasteiger partial charge in [0.05, 0.1) is 0 Å². The van der Waals surface area contributed by atoms with Crippen molar-refractivity contribution in [1.29, 1.82) is 0 Å². The lowest BCUT2D eigenvalue weighted by Crippen LogP contribution is -2.89. The number of thioether (sulfide) groups is 1. The van der Waals surface area contributed by atoms with E-state index in [2.05, 4.69) is 17.4 Å². The number of carbonyl (C=O) groups is 2. The zero-order valence-electron chi connectivity index (χ0n) is 13.1. The van der Waals surface area contributed by atoms with Gasteiger partial charge in [0.25, 0.3) is 5.91 Å². The Kier molecular flexibility index (Phi) is 5.17. The fourth-order valence-corrected chi connectivity index (χ4v) is 4.16. The van der Waals surface area contributed by atoms with Crippen LogP contribution in [0, 0.1) is 0 Å². The molecule has 0 saturated heterocycles. The first-order valence-electron chi connectivity index (χ1n) is 7.87. The van der Waals surface area contributed by atoms with Crippen molar-refractivity contribution in [3.05, 3.63) is 65.7 Å². The topological polar surface area (TPSA) is 88.8 Å². The summed E-state index contributed by atoms with van der Waals surface area (Å²) in [5.41, 5.74) is 7.22. The van der Waals surface area contributed by atoms with Crippen molar-refractivity contribution in [3.8, 4) is 0 Å². The monoisotopic (exact) mass is 342 g/mol. The number of hydrogen-bond donors (Lipinski definition) is 3. The number of nitrogens with one attached hydrogen (secondary N) is 1. The van der Waals surface area contributed by atoms with Crippen LogP contribution < -0.4 is 16.4 Å². The van der Waals surface area contributed by atoms with Crippen molar-refractivity contribution in [1.82, 2.24) is 5.32 Å². The van der Waals surface area contributed by atoms with Gasteiger partial charge < -0.3 is 11.1 Å². The van der Waals surface area contributed by atoms with E-state index in [9.17, 15) is 9.59 Å². The molecule has 1 aliphatic heterocycles. The molecule has 2 atom stereocenters. The second kappa shape index (κ2) is 7.51. The highest BCUT2D eigenvalue weighted by atomic mass is 32.2. The molecule has 5 N–H and O–H groups in total. The Balaban J connectivity index is 1.87. The van der Waals surface area contributed by atoms with Gasteiger partial charge in [-0.25, -0.2) is 4.79 Å². The first-order chi connectivity index (χ1) is 11.6. The Labute approximate surface area is 145 Å². The van der Waals surface area contributed by atoms with E-state index in [1.807, 2.05) is 59.5 Å². The quantitative estimate of drug-likeness (QED) is 0.790. The number of rotatable bonds is 4. The average molecular weight is 342 g/mol. The lowest BCUT2D eigenvalue weighted by molar-refractivity contribution is -0.723. The van der Waals surface area contributed by atoms with Crippen molar-refractivity contribution in [2.24, 2.45) is 5.73 Å². The molecule has 3 amide bonds. The molecule has 1 aliphatic rings. The van der Waals surface area contributed by atoms with Crippen LogP contribution >= 0.6 is 11.8 Å². The molecule has 0 aromatic heterocycles. The molecule has 24 heavy (non-hydrogen) atoms. The van der Waals surface area contributed by atoms with Gasteiger partial charge in [0.15, 0.2) is 6.04 Å². The molecule has 2 aromatic carbocycles. The SMILES string of the molecule is NC(=O)NC(=O)[C@@H]([NH2+][C@@H]1CCSc2ccccc21)c1ccccc1. The summed E-state index contributed by atoms with van der Waals surface area (Å²) in [7, 11) is 0. The predicted octanol–water partition coefficient (Wildman–Crippen LogP) is 1.72. The molecule has 0 aliphatic carbocycles. The molecule has 0 saturated carbocycles. The number of amides is 3. The number of nitrogens with two attached hydrogens (primary N) is 2. The minimum atomic E-state index is -0.825. The normalized spacial score (nSPS) is 17.6. The summed E-state index contributed by atoms with van der Waals surface area (Å²) in [6.07, 6.45) is 0.967. The van der Waals surface area contributed by atoms with Crippen LogP contribution in [0.5, 0.6) is 0 Å². The van der Waals surface area contributed by atoms with Gasteiger partial charge >= 0.3 is 6.03 Å². The highest BCUT2D eigenvalue weighted by molar-refractivity contribution is 7.99. The molecular weight excluding hydrogens is 322 g/mol. The van der Waals surface area contributed by atoms with Gasteiger partial charge in [-0.2, -0.15) is 0 Å². The van der Waals surface area contributed by atoms with Gasteiger partial charge in [0.1, 0.15) is 6.04 Å². The van der Waals surface area contributed by atoms with E-state index in [1.54, 1.807) is 0 Å². The van der Waals surface area contributed by atoms with Crippen LogP contribution in [0.25, 0.3) is 0 Å². The van der Waals surface area contributed by atoms with Gasteiger partial charge in [-0.3, -0.25) is 10.1 Å². The standard InChI is InChI=1S/C18H19N3O2S/c19-18(23)21-17(22)16(12-6-2-1-3-7-12)20-14-10-11-24-15-9-5-4-8-13(14)15/h1-9,14,16,20H,10-11H2,(H3,19,21,22,23)/p+1/t14-,16+/m1/s1. The lowest BCUT2D eigenvalue weighted by atomic mass is 9.99. The number of imide groups is 1. The lowest BCUT2D eigenvalue weighted by Gasteiger charge is -2.26. The molecule has 0 bridgehead atoms. The van der Waals surface area contributed by atoms with Crippen molar-refractivity contribution in [2.75, 3.05) is 5.75 Å². The molecule has 5 nitrogen and oxygen atoms in total. The van der Waals surface area contributed by atoms with Crippen LogP contribution in [0.2, 0.25) is 0 Å². The van der Waals surface area contributed by atoms with Crippen LogP contribution in [-0.2, 0) is 4.79 Å². The van der Waals surface area contributed by atoms with E-state index in [-0.39, 0.29) is 11.9 Å². The Morgan fingerprint density at radius 1 is 1.12 bits per heavy atom. The van der Waals surface area contributed by atoms with Crippen LogP contribution in [0.15, 0.2) is 59.5 Å². The minimum Gasteiger partial charge on any atom is -0.351 e. The van der Waals surface area contributed by atoms with E-state index in [1.165, 1.54) is 10.5 Å². The van der Waals surface area contributed by atoms with Gasteiger partial charge in [-0.15, -0.1) is 11.8 Å². The third kappa shape index (κ3) is 3.77. The maximum atomic E-state index is 12.5. The van der Waals surface area contributed by atoms with Crippen molar-refractivity contribution >= 4 is 23.7 Å². The van der Waals surface area contributed by atoms with Crippen LogP contribution in [0.3, 0.4) is 0 Å². The third-order valence-electron chi connectivity index (χ3n) is 4.12. The van der Waals surface area contributed by atoms with Gasteiger partial charge in [0.2, 0.25) is 0 Å². The molecule has 3 rings (SSSR count). The largest absolute Gasteiger partial charge is 0.351 e. The van der Waals surface area contributed by atoms with Gasteiger partial charge in [0, 0.05) is 28.2 Å². The van der Waals surface area contributed by atoms with E-state index in [0.29, 0.717) is 0 Å². The van der Waals surface area contributed by atoms with Crippen molar-refractivity contribution in [2.45, 2.75) is 23.4 Å². The highest BCUT2D eigenvalue weighted by Gasteiger charge is 2.31. The number of fused-ring (bicyclic) bond motifs is 1. The number of urea groups is 1. The Morgan fingerprint density at radius 3 is 2.58 bits per heavy atom. The van der Waals surface area contributed by atoms with Crippen LogP contribution in [0.1, 0.15) is 29.6 Å². The summed E-state index contributed by atoms with van der Waals surface area (Å²) in [4.78, 5) is 24.9. The maximum Gasteiger partial charge on any atom is 0.319 e. The number of primary amides is 1. The van der Waals surface area contributed by atoms with Crippen LogP contribution in [-0.4, -0.2) is 17.7 Å². The summed E-state index contributed by atoms with van der Waals surface area (Å²) in [5, 5.41) is 4.25. The fraction of sp³-hybridized carbons (Fsp3) is 0.222. The molecule has 0 fully saturated rings. The molecule has 0 unspecified atom stereocenters. The molecule has 6 heteroatoms. The number of quaternary nitrogens is 1. The molecule has 124 valence electrons. The summed E-state index contributed by atoms with van der Waals surface area (Å²) in [6, 6.07) is 16.6. The minimum absolute atomic E-state index is 0.172. The van der Waals surface area contributed by atoms with E-state index >= 15 is 0 Å². The Morgan fingerprint density at radius 2 is 1.83 bits per heavy atom. The van der Waals surface area contributed by atoms with Crippen molar-refractivity contribution < 1.29 is 14.9 Å². The molecule has 0 spiro atoms. The fourth-order valence-electron chi connectivity index (χ4n) is 3.01. The van der Waals surface area contributed by atoms with Crippen LogP contribution in [0.4, 0.5) is 4.79 Å². The predicted molar refractivity (Wildman–Crippen MR) is 93.4 cm³/mol. The first-order valence-corrected chi connectivity index (χ1v) is 8.85. The number of benzene rings is 2. The zero-order chi connectivity index (χ0) is 16.9. The molecular formula is C18H20N3O2S+. The van der Waals surface area contributed by atoms with E-state index in [4.69, 9.17) is 5.73 Å². The molecule has 2 aromatic rings. The highest BCUT2D eigenvalue weighted by Crippen LogP contribution is 2.34. The molecule has 0 radical (unpaired) electrons. The number of carbonyl (C=O) groups excluding carboxylic acids is 2. The summed E-state index contributed by atoms with van der Waals surface area (Å²) in [5.74, 6) is 0.626. The first kappa shape index (κ1) is 16.5. The van der Waals surface area contributed by atoms with Crippen molar-refractivity contribution in [3.63, 3.8) is 0 Å². The summed E-state index contributed by atoms with van der Waals surface area (Å²) >= 11 is 1.84. The van der Waals surface area contributed by atoms with E-state index in [0.717, 1.165) is 17.7 Å².